The Morgan fingerprint density at radius 1 is 1.03 bits per heavy atom. The van der Waals surface area contributed by atoms with E-state index in [4.69, 9.17) is 0 Å². The first-order valence-corrected chi connectivity index (χ1v) is 11.8. The SMILES string of the molecule is C[C@@H](O)[C@H](c1ccnc2ccccc12)[C@@H]1C(=O)N(c2ccc(SC(F)(F)F)cc2)C(=O)N1OC(=O)C(F)(F)F. The zero-order valence-corrected chi connectivity index (χ0v) is 20.4. The summed E-state index contributed by atoms with van der Waals surface area (Å²) in [7, 11) is 0. The number of pyridine rings is 1. The van der Waals surface area contributed by atoms with Crippen LogP contribution in [0, 0.1) is 0 Å². The van der Waals surface area contributed by atoms with Crippen LogP contribution in [0.1, 0.15) is 18.4 Å². The minimum atomic E-state index is -5.54. The third-order valence-electron chi connectivity index (χ3n) is 5.75. The summed E-state index contributed by atoms with van der Waals surface area (Å²) < 4.78 is 77.3. The number of imide groups is 1. The van der Waals surface area contributed by atoms with Gasteiger partial charge in [-0.2, -0.15) is 26.3 Å². The molecular formula is C24H17F6N3O5S. The highest BCUT2D eigenvalue weighted by Crippen LogP contribution is 2.40. The maximum absolute atomic E-state index is 13.6. The molecular weight excluding hydrogens is 556 g/mol. The van der Waals surface area contributed by atoms with Crippen LogP contribution >= 0.6 is 11.8 Å². The maximum Gasteiger partial charge on any atom is 0.493 e. The Hall–Kier alpha value is -3.85. The number of carbonyl (C=O) groups excluding carboxylic acids is 3. The van der Waals surface area contributed by atoms with E-state index in [0.29, 0.717) is 15.8 Å². The predicted octanol–water partition coefficient (Wildman–Crippen LogP) is 5.17. The number of amides is 3. The Bertz CT molecular complexity index is 1410. The summed E-state index contributed by atoms with van der Waals surface area (Å²) in [6.45, 7) is 1.23. The number of halogens is 6. The van der Waals surface area contributed by atoms with Crippen molar-refractivity contribution >= 4 is 46.3 Å². The van der Waals surface area contributed by atoms with Crippen LogP contribution < -0.4 is 4.90 Å². The van der Waals surface area contributed by atoms with Crippen molar-refractivity contribution < 1.29 is 50.7 Å². The quantitative estimate of drug-likeness (QED) is 0.247. The number of benzene rings is 2. The Labute approximate surface area is 220 Å². The number of hydrogen-bond donors (Lipinski definition) is 1. The molecule has 39 heavy (non-hydrogen) atoms. The summed E-state index contributed by atoms with van der Waals surface area (Å²) in [5, 5.41) is 11.0. The van der Waals surface area contributed by atoms with Crippen LogP contribution in [0.15, 0.2) is 65.7 Å². The molecule has 0 aliphatic carbocycles. The van der Waals surface area contributed by atoms with Crippen LogP contribution in [0.25, 0.3) is 10.9 Å². The van der Waals surface area contributed by atoms with E-state index in [-0.39, 0.29) is 21.2 Å². The molecule has 0 spiro atoms. The molecule has 1 aliphatic rings. The number of urea groups is 1. The molecule has 2 heterocycles. The number of carbonyl (C=O) groups is 3. The molecule has 4 rings (SSSR count). The third kappa shape index (κ3) is 5.78. The molecule has 8 nitrogen and oxygen atoms in total. The van der Waals surface area contributed by atoms with Gasteiger partial charge in [-0.25, -0.2) is 14.5 Å². The van der Waals surface area contributed by atoms with E-state index in [2.05, 4.69) is 9.82 Å². The third-order valence-corrected chi connectivity index (χ3v) is 6.49. The molecule has 0 unspecified atom stereocenters. The Morgan fingerprint density at radius 2 is 1.67 bits per heavy atom. The number of rotatable bonds is 6. The summed E-state index contributed by atoms with van der Waals surface area (Å²) in [4.78, 5) is 47.2. The summed E-state index contributed by atoms with van der Waals surface area (Å²) in [5.74, 6) is -5.39. The van der Waals surface area contributed by atoms with Crippen molar-refractivity contribution in [3.8, 4) is 0 Å². The first-order valence-electron chi connectivity index (χ1n) is 11.0. The number of alkyl halides is 6. The molecule has 1 aromatic heterocycles. The van der Waals surface area contributed by atoms with Crippen LogP contribution in [0.4, 0.5) is 36.8 Å². The summed E-state index contributed by atoms with van der Waals surface area (Å²) in [6, 6.07) is 8.23. The van der Waals surface area contributed by atoms with Gasteiger partial charge in [0.05, 0.1) is 17.3 Å². The van der Waals surface area contributed by atoms with E-state index in [9.17, 15) is 45.8 Å². The maximum atomic E-state index is 13.6. The fourth-order valence-electron chi connectivity index (χ4n) is 4.22. The average Bonchev–Trinajstić information content (AvgIpc) is 3.07. The highest BCUT2D eigenvalue weighted by molar-refractivity contribution is 8.00. The lowest BCUT2D eigenvalue weighted by atomic mass is 9.85. The summed E-state index contributed by atoms with van der Waals surface area (Å²) in [5.41, 5.74) is -4.29. The number of fused-ring (bicyclic) bond motifs is 1. The number of para-hydroxylation sites is 1. The van der Waals surface area contributed by atoms with Crippen molar-refractivity contribution in [1.82, 2.24) is 10.0 Å². The van der Waals surface area contributed by atoms with Crippen LogP contribution in [0.3, 0.4) is 0 Å². The van der Waals surface area contributed by atoms with Crippen molar-refractivity contribution in [3.05, 3.63) is 66.4 Å². The van der Waals surface area contributed by atoms with Gasteiger partial charge in [-0.15, -0.1) is 5.06 Å². The van der Waals surface area contributed by atoms with Crippen molar-refractivity contribution in [1.29, 1.82) is 0 Å². The molecule has 1 fully saturated rings. The van der Waals surface area contributed by atoms with E-state index < -0.39 is 59.4 Å². The smallest absolute Gasteiger partial charge is 0.393 e. The topological polar surface area (TPSA) is 100 Å². The van der Waals surface area contributed by atoms with E-state index in [0.717, 1.165) is 24.3 Å². The van der Waals surface area contributed by atoms with Crippen LogP contribution in [0.2, 0.25) is 0 Å². The molecule has 3 amide bonds. The molecule has 206 valence electrons. The van der Waals surface area contributed by atoms with Gasteiger partial charge >= 0.3 is 23.7 Å². The molecule has 0 saturated carbocycles. The van der Waals surface area contributed by atoms with Gasteiger partial charge in [-0.05, 0) is 60.6 Å². The number of hydroxylamine groups is 2. The van der Waals surface area contributed by atoms with Crippen molar-refractivity contribution in [2.45, 2.75) is 41.6 Å². The standard InChI is InChI=1S/C24H17F6N3O5S/c1-12(34)18(16-10-11-31-17-5-3-2-4-15(16)17)19-20(35)32(22(37)33(19)38-21(36)23(25,26)27)13-6-8-14(9-7-13)39-24(28,29)30/h2-12,18-19,34H,1H3/t12-,18-,19-/m1/s1. The molecule has 3 aromatic rings. The molecule has 1 saturated heterocycles. The Balaban J connectivity index is 1.81. The molecule has 1 aliphatic heterocycles. The first-order chi connectivity index (χ1) is 18.2. The van der Waals surface area contributed by atoms with Gasteiger partial charge in [0.1, 0.15) is 0 Å². The Kier molecular flexibility index (Phi) is 7.49. The second-order valence-corrected chi connectivity index (χ2v) is 9.47. The van der Waals surface area contributed by atoms with E-state index >= 15 is 0 Å². The molecule has 15 heteroatoms. The number of aromatic nitrogens is 1. The van der Waals surface area contributed by atoms with Gasteiger partial charge in [0.2, 0.25) is 0 Å². The van der Waals surface area contributed by atoms with Gasteiger partial charge in [0, 0.05) is 22.4 Å². The second-order valence-electron chi connectivity index (χ2n) is 8.33. The van der Waals surface area contributed by atoms with Crippen LogP contribution in [-0.2, 0) is 14.4 Å². The molecule has 1 N–H and O–H groups in total. The van der Waals surface area contributed by atoms with Gasteiger partial charge in [0.25, 0.3) is 5.91 Å². The van der Waals surface area contributed by atoms with Crippen LogP contribution in [-0.4, -0.2) is 56.9 Å². The first kappa shape index (κ1) is 28.2. The van der Waals surface area contributed by atoms with Gasteiger partial charge < -0.3 is 9.94 Å². The summed E-state index contributed by atoms with van der Waals surface area (Å²) in [6.07, 6.45) is -5.69. The monoisotopic (exact) mass is 573 g/mol. The van der Waals surface area contributed by atoms with Gasteiger partial charge in [-0.1, -0.05) is 18.2 Å². The predicted molar refractivity (Wildman–Crippen MR) is 125 cm³/mol. The fourth-order valence-corrected chi connectivity index (χ4v) is 4.76. The fraction of sp³-hybridized carbons (Fsp3) is 0.250. The van der Waals surface area contributed by atoms with E-state index in [1.54, 1.807) is 24.3 Å². The molecule has 0 bridgehead atoms. The van der Waals surface area contributed by atoms with Crippen molar-refractivity contribution in [2.24, 2.45) is 0 Å². The number of aliphatic hydroxyl groups excluding tert-OH is 1. The zero-order valence-electron chi connectivity index (χ0n) is 19.6. The number of aliphatic hydroxyl groups is 1. The normalized spacial score (nSPS) is 18.0. The molecule has 2 aromatic carbocycles. The highest BCUT2D eigenvalue weighted by Gasteiger charge is 2.56. The lowest BCUT2D eigenvalue weighted by molar-refractivity contribution is -0.232. The van der Waals surface area contributed by atoms with Crippen molar-refractivity contribution in [3.63, 3.8) is 0 Å². The lowest BCUT2D eigenvalue weighted by Crippen LogP contribution is -2.46. The number of nitrogens with zero attached hydrogens (tertiary/aromatic N) is 3. The molecule has 0 radical (unpaired) electrons. The van der Waals surface area contributed by atoms with Gasteiger partial charge in [0.15, 0.2) is 6.04 Å². The largest absolute Gasteiger partial charge is 0.493 e. The zero-order chi connectivity index (χ0) is 28.7. The number of hydrogen-bond acceptors (Lipinski definition) is 7. The highest BCUT2D eigenvalue weighted by atomic mass is 32.2. The van der Waals surface area contributed by atoms with Crippen molar-refractivity contribution in [2.75, 3.05) is 4.90 Å². The summed E-state index contributed by atoms with van der Waals surface area (Å²) >= 11 is -0.459. The van der Waals surface area contributed by atoms with E-state index in [1.165, 1.54) is 19.2 Å². The van der Waals surface area contributed by atoms with Crippen LogP contribution in [0.5, 0.6) is 0 Å². The number of anilines is 1. The minimum absolute atomic E-state index is 0.0663. The lowest BCUT2D eigenvalue weighted by Gasteiger charge is -2.30. The number of thioether (sulfide) groups is 1. The minimum Gasteiger partial charge on any atom is -0.393 e. The molecule has 3 atom stereocenters. The average molecular weight is 573 g/mol. The van der Waals surface area contributed by atoms with E-state index in [1.807, 2.05) is 0 Å². The second kappa shape index (κ2) is 10.4. The van der Waals surface area contributed by atoms with Gasteiger partial charge in [-0.3, -0.25) is 9.78 Å². The Morgan fingerprint density at radius 3 is 2.26 bits per heavy atom.